The first kappa shape index (κ1) is 17.8. The Bertz CT molecular complexity index is 415. The van der Waals surface area contributed by atoms with Crippen LogP contribution < -0.4 is 5.73 Å². The second-order valence-electron chi connectivity index (χ2n) is 5.38. The summed E-state index contributed by atoms with van der Waals surface area (Å²) in [6.07, 6.45) is 9.78. The lowest BCUT2D eigenvalue weighted by Crippen LogP contribution is -2.07. The molecule has 0 aliphatic carbocycles. The molecule has 1 rings (SSSR count). The van der Waals surface area contributed by atoms with Crippen molar-refractivity contribution < 1.29 is 9.53 Å². The number of rotatable bonds is 10. The fourth-order valence-electron chi connectivity index (χ4n) is 2.21. The number of halogens is 1. The number of esters is 1. The molecule has 3 nitrogen and oxygen atoms in total. The van der Waals surface area contributed by atoms with Crippen molar-refractivity contribution >= 4 is 23.3 Å². The van der Waals surface area contributed by atoms with Crippen LogP contribution in [0.3, 0.4) is 0 Å². The third kappa shape index (κ3) is 7.96. The number of carbonyl (C=O) groups excluding carboxylic acids is 1. The average molecular weight is 312 g/mol. The minimum atomic E-state index is -0.354. The third-order valence-corrected chi connectivity index (χ3v) is 3.61. The summed E-state index contributed by atoms with van der Waals surface area (Å²) in [7, 11) is 0. The molecule has 0 atom stereocenters. The smallest absolute Gasteiger partial charge is 0.338 e. The Morgan fingerprint density at radius 3 is 2.29 bits per heavy atom. The number of hydrogen-bond acceptors (Lipinski definition) is 3. The second kappa shape index (κ2) is 10.5. The molecule has 21 heavy (non-hydrogen) atoms. The zero-order valence-corrected chi connectivity index (χ0v) is 13.6. The molecule has 0 spiro atoms. The van der Waals surface area contributed by atoms with Crippen molar-refractivity contribution in [2.45, 2.75) is 58.3 Å². The number of carbonyl (C=O) groups is 1. The van der Waals surface area contributed by atoms with E-state index in [0.717, 1.165) is 12.8 Å². The van der Waals surface area contributed by atoms with Crippen molar-refractivity contribution in [2.75, 3.05) is 12.3 Å². The predicted molar refractivity (Wildman–Crippen MR) is 88.8 cm³/mol. The van der Waals surface area contributed by atoms with Crippen LogP contribution in [0.2, 0.25) is 5.02 Å². The first-order valence-electron chi connectivity index (χ1n) is 7.86. The number of benzene rings is 1. The van der Waals surface area contributed by atoms with Gasteiger partial charge in [0.25, 0.3) is 0 Å². The van der Waals surface area contributed by atoms with Gasteiger partial charge in [-0.15, -0.1) is 0 Å². The van der Waals surface area contributed by atoms with Gasteiger partial charge in [-0.05, 0) is 24.6 Å². The first-order chi connectivity index (χ1) is 10.1. The van der Waals surface area contributed by atoms with Crippen molar-refractivity contribution in [3.8, 4) is 0 Å². The van der Waals surface area contributed by atoms with Gasteiger partial charge >= 0.3 is 5.97 Å². The monoisotopic (exact) mass is 311 g/mol. The zero-order chi connectivity index (χ0) is 15.5. The highest BCUT2D eigenvalue weighted by Gasteiger charge is 2.08. The van der Waals surface area contributed by atoms with Crippen LogP contribution >= 0.6 is 11.6 Å². The number of unbranched alkanes of at least 4 members (excludes halogenated alkanes) is 7. The maximum absolute atomic E-state index is 11.8. The van der Waals surface area contributed by atoms with Gasteiger partial charge in [0.1, 0.15) is 0 Å². The molecule has 0 saturated heterocycles. The largest absolute Gasteiger partial charge is 0.462 e. The Morgan fingerprint density at radius 2 is 1.67 bits per heavy atom. The Balaban J connectivity index is 2.11. The molecule has 0 radical (unpaired) electrons. The van der Waals surface area contributed by atoms with Crippen LogP contribution in [0.4, 0.5) is 5.69 Å². The van der Waals surface area contributed by atoms with Crippen LogP contribution in [0, 0.1) is 0 Å². The van der Waals surface area contributed by atoms with Gasteiger partial charge in [0, 0.05) is 10.7 Å². The lowest BCUT2D eigenvalue weighted by Gasteiger charge is -2.06. The quantitative estimate of drug-likeness (QED) is 0.366. The van der Waals surface area contributed by atoms with Crippen molar-refractivity contribution in [3.05, 3.63) is 28.8 Å². The molecule has 1 aromatic carbocycles. The van der Waals surface area contributed by atoms with Gasteiger partial charge in [0.05, 0.1) is 12.2 Å². The summed E-state index contributed by atoms with van der Waals surface area (Å²) >= 11 is 5.86. The molecule has 118 valence electrons. The van der Waals surface area contributed by atoms with Gasteiger partial charge in [-0.3, -0.25) is 0 Å². The van der Waals surface area contributed by atoms with Gasteiger partial charge in [0.15, 0.2) is 0 Å². The molecule has 0 heterocycles. The normalized spacial score (nSPS) is 10.6. The van der Waals surface area contributed by atoms with Crippen molar-refractivity contribution in [2.24, 2.45) is 0 Å². The Labute approximate surface area is 132 Å². The molecule has 0 unspecified atom stereocenters. The van der Waals surface area contributed by atoms with E-state index < -0.39 is 0 Å². The summed E-state index contributed by atoms with van der Waals surface area (Å²) in [5.41, 5.74) is 6.54. The van der Waals surface area contributed by atoms with Gasteiger partial charge in [-0.25, -0.2) is 4.79 Å². The molecular weight excluding hydrogens is 286 g/mol. The molecular formula is C17H26ClNO2. The highest BCUT2D eigenvalue weighted by molar-refractivity contribution is 6.31. The summed E-state index contributed by atoms with van der Waals surface area (Å²) in [4.78, 5) is 11.8. The summed E-state index contributed by atoms with van der Waals surface area (Å²) in [5, 5.41) is 0.453. The fraction of sp³-hybridized carbons (Fsp3) is 0.588. The van der Waals surface area contributed by atoms with E-state index in [4.69, 9.17) is 22.1 Å². The SMILES string of the molecule is CCCCCCCCCCOC(=O)c1cc(N)cc(Cl)c1. The highest BCUT2D eigenvalue weighted by atomic mass is 35.5. The lowest BCUT2D eigenvalue weighted by molar-refractivity contribution is 0.0497. The van der Waals surface area contributed by atoms with E-state index in [1.165, 1.54) is 38.5 Å². The number of nitrogen functional groups attached to an aromatic ring is 1. The van der Waals surface area contributed by atoms with Crippen LogP contribution in [0.15, 0.2) is 18.2 Å². The maximum atomic E-state index is 11.8. The molecule has 0 amide bonds. The molecule has 0 aromatic heterocycles. The number of anilines is 1. The van der Waals surface area contributed by atoms with Gasteiger partial charge in [-0.1, -0.05) is 63.5 Å². The van der Waals surface area contributed by atoms with E-state index in [1.54, 1.807) is 18.2 Å². The first-order valence-corrected chi connectivity index (χ1v) is 8.24. The van der Waals surface area contributed by atoms with Gasteiger partial charge in [0.2, 0.25) is 0 Å². The van der Waals surface area contributed by atoms with Gasteiger partial charge < -0.3 is 10.5 Å². The minimum absolute atomic E-state index is 0.354. The van der Waals surface area contributed by atoms with E-state index in [0.29, 0.717) is 22.9 Å². The molecule has 0 fully saturated rings. The Morgan fingerprint density at radius 1 is 1.05 bits per heavy atom. The van der Waals surface area contributed by atoms with Crippen LogP contribution in [-0.2, 0) is 4.74 Å². The highest BCUT2D eigenvalue weighted by Crippen LogP contribution is 2.17. The van der Waals surface area contributed by atoms with Crippen LogP contribution in [0.5, 0.6) is 0 Å². The molecule has 0 saturated carbocycles. The lowest BCUT2D eigenvalue weighted by atomic mass is 10.1. The van der Waals surface area contributed by atoms with E-state index in [9.17, 15) is 4.79 Å². The average Bonchev–Trinajstić information content (AvgIpc) is 2.44. The summed E-state index contributed by atoms with van der Waals surface area (Å²) in [5.74, 6) is -0.354. The van der Waals surface area contributed by atoms with Crippen LogP contribution in [-0.4, -0.2) is 12.6 Å². The Hall–Kier alpha value is -1.22. The number of nitrogens with two attached hydrogens (primary N) is 1. The zero-order valence-electron chi connectivity index (χ0n) is 12.9. The summed E-state index contributed by atoms with van der Waals surface area (Å²) in [6, 6.07) is 4.77. The molecule has 0 aliphatic rings. The number of ether oxygens (including phenoxy) is 1. The van der Waals surface area contributed by atoms with Crippen LogP contribution in [0.1, 0.15) is 68.6 Å². The predicted octanol–water partition coefficient (Wildman–Crippen LogP) is 5.22. The molecule has 0 aliphatic heterocycles. The summed E-state index contributed by atoms with van der Waals surface area (Å²) in [6.45, 7) is 2.68. The summed E-state index contributed by atoms with van der Waals surface area (Å²) < 4.78 is 5.23. The fourth-order valence-corrected chi connectivity index (χ4v) is 2.46. The van der Waals surface area contributed by atoms with Crippen molar-refractivity contribution in [3.63, 3.8) is 0 Å². The van der Waals surface area contributed by atoms with E-state index in [-0.39, 0.29) is 5.97 Å². The molecule has 4 heteroatoms. The molecule has 2 N–H and O–H groups in total. The minimum Gasteiger partial charge on any atom is -0.462 e. The standard InChI is InChI=1S/C17H26ClNO2/c1-2-3-4-5-6-7-8-9-10-21-17(20)14-11-15(18)13-16(19)12-14/h11-13H,2-10,19H2,1H3. The van der Waals surface area contributed by atoms with Gasteiger partial charge in [-0.2, -0.15) is 0 Å². The van der Waals surface area contributed by atoms with E-state index >= 15 is 0 Å². The van der Waals surface area contributed by atoms with E-state index in [1.807, 2.05) is 0 Å². The van der Waals surface area contributed by atoms with E-state index in [2.05, 4.69) is 6.92 Å². The van der Waals surface area contributed by atoms with Crippen LogP contribution in [0.25, 0.3) is 0 Å². The third-order valence-electron chi connectivity index (χ3n) is 3.39. The number of hydrogen-bond donors (Lipinski definition) is 1. The second-order valence-corrected chi connectivity index (χ2v) is 5.82. The maximum Gasteiger partial charge on any atom is 0.338 e. The molecule has 1 aromatic rings. The van der Waals surface area contributed by atoms with Crippen molar-refractivity contribution in [1.82, 2.24) is 0 Å². The Kier molecular flexibility index (Phi) is 8.91. The molecule has 0 bridgehead atoms. The van der Waals surface area contributed by atoms with Crippen molar-refractivity contribution in [1.29, 1.82) is 0 Å². The topological polar surface area (TPSA) is 52.3 Å².